The van der Waals surface area contributed by atoms with Gasteiger partial charge in [0.05, 0.1) is 12.1 Å². The van der Waals surface area contributed by atoms with Crippen LogP contribution in [0.4, 0.5) is 0 Å². The van der Waals surface area contributed by atoms with Gasteiger partial charge in [0.1, 0.15) is 12.4 Å². The van der Waals surface area contributed by atoms with Crippen molar-refractivity contribution in [2.75, 3.05) is 0 Å². The second-order valence-electron chi connectivity index (χ2n) is 7.00. The summed E-state index contributed by atoms with van der Waals surface area (Å²) in [5.41, 5.74) is -1.53. The number of imidazole rings is 1. The third kappa shape index (κ3) is 3.85. The molecule has 2 aromatic heterocycles. The third-order valence-corrected chi connectivity index (χ3v) is 4.06. The van der Waals surface area contributed by atoms with Crippen molar-refractivity contribution in [1.29, 1.82) is 0 Å². The molecular weight excluding hydrogens is 324 g/mol. The van der Waals surface area contributed by atoms with Crippen LogP contribution in [0.5, 0.6) is 0 Å². The molecule has 0 spiro atoms. The number of aryl methyl sites for hydroxylation is 2. The first-order valence-corrected chi connectivity index (χ1v) is 8.81. The molecule has 2 heterocycles. The van der Waals surface area contributed by atoms with Crippen molar-refractivity contribution in [2.24, 2.45) is 0 Å². The van der Waals surface area contributed by atoms with Gasteiger partial charge < -0.3 is 14.8 Å². The zero-order valence-corrected chi connectivity index (χ0v) is 15.4. The third-order valence-electron chi connectivity index (χ3n) is 4.06. The first-order chi connectivity index (χ1) is 11.7. The maximum atomic E-state index is 13.0. The number of nitrogens with zero attached hydrogens (tertiary/aromatic N) is 4. The summed E-state index contributed by atoms with van der Waals surface area (Å²) in [6, 6.07) is 0. The number of aliphatic hydroxyl groups is 2. The number of hydrogen-bond donors (Lipinski definition) is 2. The smallest absolute Gasteiger partial charge is 0.332 e. The van der Waals surface area contributed by atoms with E-state index in [-0.39, 0.29) is 13.2 Å². The van der Waals surface area contributed by atoms with E-state index >= 15 is 0 Å². The van der Waals surface area contributed by atoms with Gasteiger partial charge in [-0.15, -0.1) is 0 Å². The van der Waals surface area contributed by atoms with E-state index in [9.17, 15) is 19.8 Å². The Labute approximate surface area is 146 Å². The molecule has 0 fully saturated rings. The summed E-state index contributed by atoms with van der Waals surface area (Å²) in [4.78, 5) is 30.2. The Morgan fingerprint density at radius 1 is 1.04 bits per heavy atom. The van der Waals surface area contributed by atoms with Crippen molar-refractivity contribution in [1.82, 2.24) is 18.7 Å². The largest absolute Gasteiger partial charge is 0.389 e. The minimum atomic E-state index is -1.20. The predicted molar refractivity (Wildman–Crippen MR) is 95.7 cm³/mol. The molecular formula is C17H28N4O4. The van der Waals surface area contributed by atoms with Crippen LogP contribution >= 0.6 is 0 Å². The van der Waals surface area contributed by atoms with Gasteiger partial charge in [0.15, 0.2) is 11.2 Å². The van der Waals surface area contributed by atoms with Crippen molar-refractivity contribution in [2.45, 2.75) is 78.8 Å². The highest BCUT2D eigenvalue weighted by molar-refractivity contribution is 5.71. The summed E-state index contributed by atoms with van der Waals surface area (Å²) in [6.07, 6.45) is 2.42. The van der Waals surface area contributed by atoms with Crippen molar-refractivity contribution in [3.05, 3.63) is 26.7 Å². The highest BCUT2D eigenvalue weighted by Crippen LogP contribution is 2.14. The first kappa shape index (κ1) is 19.4. The standard InChI is InChI=1S/C17H28N4O4/c1-5-7-9-20-14-13(19(8-6-2)12(10-22)18-14)15(23)21(16(20)24)11-17(3,4)25/h22,25H,5-11H2,1-4H3. The van der Waals surface area contributed by atoms with Gasteiger partial charge in [-0.1, -0.05) is 20.3 Å². The van der Waals surface area contributed by atoms with Crippen molar-refractivity contribution < 1.29 is 10.2 Å². The lowest BCUT2D eigenvalue weighted by atomic mass is 10.1. The van der Waals surface area contributed by atoms with Gasteiger partial charge in [-0.3, -0.25) is 13.9 Å². The van der Waals surface area contributed by atoms with Gasteiger partial charge in [-0.25, -0.2) is 9.78 Å². The topological polar surface area (TPSA) is 102 Å². The number of fused-ring (bicyclic) bond motifs is 1. The SMILES string of the molecule is CCCCn1c(=O)n(CC(C)(C)O)c(=O)c2c1nc(CO)n2CCC. The van der Waals surface area contributed by atoms with E-state index < -0.39 is 16.9 Å². The fraction of sp³-hybridized carbons (Fsp3) is 0.706. The van der Waals surface area contributed by atoms with Gasteiger partial charge >= 0.3 is 5.69 Å². The number of rotatable bonds is 8. The summed E-state index contributed by atoms with van der Waals surface area (Å²) in [6.45, 7) is 7.66. The van der Waals surface area contributed by atoms with E-state index in [0.29, 0.717) is 30.1 Å². The summed E-state index contributed by atoms with van der Waals surface area (Å²) < 4.78 is 4.24. The number of aliphatic hydroxyl groups excluding tert-OH is 1. The van der Waals surface area contributed by atoms with E-state index in [1.54, 1.807) is 18.4 Å². The summed E-state index contributed by atoms with van der Waals surface area (Å²) in [5, 5.41) is 19.7. The van der Waals surface area contributed by atoms with Crippen LogP contribution < -0.4 is 11.2 Å². The molecule has 25 heavy (non-hydrogen) atoms. The minimum absolute atomic E-state index is 0.0987. The first-order valence-electron chi connectivity index (χ1n) is 8.81. The molecule has 0 unspecified atom stereocenters. The normalized spacial score (nSPS) is 12.2. The Balaban J connectivity index is 2.87. The van der Waals surface area contributed by atoms with E-state index in [4.69, 9.17) is 0 Å². The minimum Gasteiger partial charge on any atom is -0.389 e. The number of hydrogen-bond acceptors (Lipinski definition) is 5. The molecule has 8 heteroatoms. The summed E-state index contributed by atoms with van der Waals surface area (Å²) >= 11 is 0. The molecule has 0 amide bonds. The molecule has 0 aliphatic heterocycles. The van der Waals surface area contributed by atoms with Gasteiger partial charge in [0.25, 0.3) is 5.56 Å². The second-order valence-corrected chi connectivity index (χ2v) is 7.00. The maximum absolute atomic E-state index is 13.0. The lowest BCUT2D eigenvalue weighted by Crippen LogP contribution is -2.45. The van der Waals surface area contributed by atoms with Crippen LogP contribution in [0.1, 0.15) is 52.8 Å². The van der Waals surface area contributed by atoms with Crippen molar-refractivity contribution >= 4 is 11.2 Å². The molecule has 2 aromatic rings. The molecule has 2 rings (SSSR count). The Kier molecular flexibility index (Phi) is 5.84. The van der Waals surface area contributed by atoms with Crippen LogP contribution in [0.25, 0.3) is 11.2 Å². The molecule has 0 bridgehead atoms. The van der Waals surface area contributed by atoms with Crippen LogP contribution in [0.2, 0.25) is 0 Å². The fourth-order valence-electron chi connectivity index (χ4n) is 2.96. The van der Waals surface area contributed by atoms with Gasteiger partial charge in [0, 0.05) is 13.1 Å². The lowest BCUT2D eigenvalue weighted by molar-refractivity contribution is 0.0587. The maximum Gasteiger partial charge on any atom is 0.332 e. The lowest BCUT2D eigenvalue weighted by Gasteiger charge is -2.19. The van der Waals surface area contributed by atoms with E-state index in [0.717, 1.165) is 23.8 Å². The van der Waals surface area contributed by atoms with Gasteiger partial charge in [-0.05, 0) is 26.7 Å². The Hall–Kier alpha value is -1.93. The monoisotopic (exact) mass is 352 g/mol. The quantitative estimate of drug-likeness (QED) is 0.733. The van der Waals surface area contributed by atoms with E-state index in [1.165, 1.54) is 4.57 Å². The van der Waals surface area contributed by atoms with Crippen molar-refractivity contribution in [3.8, 4) is 0 Å². The van der Waals surface area contributed by atoms with Gasteiger partial charge in [-0.2, -0.15) is 0 Å². The molecule has 0 aromatic carbocycles. The van der Waals surface area contributed by atoms with E-state index in [2.05, 4.69) is 4.98 Å². The highest BCUT2D eigenvalue weighted by Gasteiger charge is 2.24. The number of unbranched alkanes of at least 4 members (excludes halogenated alkanes) is 1. The molecule has 0 saturated heterocycles. The Bertz CT molecular complexity index is 855. The Morgan fingerprint density at radius 3 is 2.24 bits per heavy atom. The average molecular weight is 352 g/mol. The molecule has 0 aliphatic carbocycles. The summed E-state index contributed by atoms with van der Waals surface area (Å²) in [7, 11) is 0. The highest BCUT2D eigenvalue weighted by atomic mass is 16.3. The molecule has 140 valence electrons. The van der Waals surface area contributed by atoms with Crippen molar-refractivity contribution in [3.63, 3.8) is 0 Å². The molecule has 0 radical (unpaired) electrons. The summed E-state index contributed by atoms with van der Waals surface area (Å²) in [5.74, 6) is 0.375. The van der Waals surface area contributed by atoms with Crippen LogP contribution in [-0.4, -0.2) is 34.5 Å². The molecule has 8 nitrogen and oxygen atoms in total. The average Bonchev–Trinajstić information content (AvgIpc) is 2.89. The number of aromatic nitrogens is 4. The second kappa shape index (κ2) is 7.53. The van der Waals surface area contributed by atoms with Crippen LogP contribution in [-0.2, 0) is 26.2 Å². The van der Waals surface area contributed by atoms with Crippen LogP contribution in [0, 0.1) is 0 Å². The fourth-order valence-corrected chi connectivity index (χ4v) is 2.96. The van der Waals surface area contributed by atoms with E-state index in [1.807, 2.05) is 13.8 Å². The Morgan fingerprint density at radius 2 is 1.72 bits per heavy atom. The molecule has 0 atom stereocenters. The zero-order valence-electron chi connectivity index (χ0n) is 15.4. The van der Waals surface area contributed by atoms with Gasteiger partial charge in [0.2, 0.25) is 0 Å². The van der Waals surface area contributed by atoms with Crippen LogP contribution in [0.15, 0.2) is 9.59 Å². The molecule has 0 aliphatic rings. The zero-order chi connectivity index (χ0) is 18.8. The predicted octanol–water partition coefficient (Wildman–Crippen LogP) is 0.833. The van der Waals surface area contributed by atoms with Crippen LogP contribution in [0.3, 0.4) is 0 Å². The molecule has 2 N–H and O–H groups in total. The molecule has 0 saturated carbocycles.